The van der Waals surface area contributed by atoms with Gasteiger partial charge in [-0.3, -0.25) is 9.59 Å². The van der Waals surface area contributed by atoms with Crippen LogP contribution < -0.4 is 0 Å². The second kappa shape index (κ2) is 10.0. The minimum atomic E-state index is -3.88. The van der Waals surface area contributed by atoms with E-state index in [1.165, 1.54) is 16.4 Å². The zero-order chi connectivity index (χ0) is 24.5. The summed E-state index contributed by atoms with van der Waals surface area (Å²) >= 11 is 12.0. The van der Waals surface area contributed by atoms with Crippen molar-refractivity contribution in [3.05, 3.63) is 63.1 Å². The summed E-state index contributed by atoms with van der Waals surface area (Å²) in [5.41, 5.74) is 1.91. The fourth-order valence-corrected chi connectivity index (χ4v) is 6.38. The molecule has 2 aromatic carbocycles. The number of carboxylic acids is 1. The first-order valence-electron chi connectivity index (χ1n) is 10.5. The average Bonchev–Trinajstić information content (AvgIpc) is 2.71. The Kier molecular flexibility index (Phi) is 7.73. The van der Waals surface area contributed by atoms with Gasteiger partial charge >= 0.3 is 5.97 Å². The van der Waals surface area contributed by atoms with Gasteiger partial charge in [-0.1, -0.05) is 35.3 Å². The molecule has 178 valence electrons. The van der Waals surface area contributed by atoms with Crippen LogP contribution in [0.2, 0.25) is 10.0 Å². The molecule has 0 aliphatic carbocycles. The summed E-state index contributed by atoms with van der Waals surface area (Å²) in [7, 11) is -3.88. The third-order valence-electron chi connectivity index (χ3n) is 5.77. The molecule has 1 amide bonds. The van der Waals surface area contributed by atoms with Gasteiger partial charge in [0.25, 0.3) is 0 Å². The zero-order valence-corrected chi connectivity index (χ0v) is 20.9. The molecular weight excluding hydrogens is 487 g/mol. The van der Waals surface area contributed by atoms with Gasteiger partial charge in [-0.05, 0) is 61.7 Å². The van der Waals surface area contributed by atoms with Crippen LogP contribution in [0.25, 0.3) is 0 Å². The van der Waals surface area contributed by atoms with E-state index in [1.807, 2.05) is 0 Å². The molecule has 0 radical (unpaired) electrons. The van der Waals surface area contributed by atoms with Crippen molar-refractivity contribution < 1.29 is 23.1 Å². The lowest BCUT2D eigenvalue weighted by molar-refractivity contribution is -0.136. The minimum Gasteiger partial charge on any atom is -0.481 e. The molecule has 3 rings (SSSR count). The van der Waals surface area contributed by atoms with Crippen LogP contribution >= 0.6 is 23.2 Å². The number of carbonyl (C=O) groups is 2. The quantitative estimate of drug-likeness (QED) is 0.635. The molecule has 0 unspecified atom stereocenters. The van der Waals surface area contributed by atoms with Crippen LogP contribution in [0, 0.1) is 6.92 Å². The van der Waals surface area contributed by atoms with Gasteiger partial charge in [0.15, 0.2) is 0 Å². The van der Waals surface area contributed by atoms with E-state index in [4.69, 9.17) is 28.3 Å². The Bertz CT molecular complexity index is 1170. The molecule has 1 aliphatic heterocycles. The lowest BCUT2D eigenvalue weighted by atomic mass is 10.1. The highest BCUT2D eigenvalue weighted by molar-refractivity contribution is 7.89. The number of carboxylic acid groups (broad SMARTS) is 1. The average molecular weight is 513 g/mol. The van der Waals surface area contributed by atoms with Gasteiger partial charge in [0.2, 0.25) is 15.9 Å². The highest BCUT2D eigenvalue weighted by Crippen LogP contribution is 2.28. The van der Waals surface area contributed by atoms with Gasteiger partial charge < -0.3 is 10.0 Å². The fraction of sp³-hybridized carbons (Fsp3) is 0.391. The molecule has 2 atom stereocenters. The predicted octanol–water partition coefficient (Wildman–Crippen LogP) is 3.78. The predicted molar refractivity (Wildman–Crippen MR) is 127 cm³/mol. The number of benzene rings is 2. The van der Waals surface area contributed by atoms with Crippen LogP contribution in [0.1, 0.15) is 30.5 Å². The highest BCUT2D eigenvalue weighted by Gasteiger charge is 2.39. The molecule has 0 spiro atoms. The van der Waals surface area contributed by atoms with Crippen LogP contribution in [0.5, 0.6) is 0 Å². The van der Waals surface area contributed by atoms with Gasteiger partial charge in [0.05, 0.1) is 27.8 Å². The third-order valence-corrected chi connectivity index (χ3v) is 8.63. The van der Waals surface area contributed by atoms with Crippen molar-refractivity contribution in [2.75, 3.05) is 13.1 Å². The number of hydrogen-bond acceptors (Lipinski definition) is 4. The first-order valence-corrected chi connectivity index (χ1v) is 12.7. The van der Waals surface area contributed by atoms with Gasteiger partial charge in [-0.2, -0.15) is 4.31 Å². The molecule has 2 aromatic rings. The number of carbonyl (C=O) groups excluding carboxylic acids is 1. The summed E-state index contributed by atoms with van der Waals surface area (Å²) in [6, 6.07) is 8.67. The monoisotopic (exact) mass is 512 g/mol. The van der Waals surface area contributed by atoms with Crippen molar-refractivity contribution in [2.45, 2.75) is 50.6 Å². The van der Waals surface area contributed by atoms with Gasteiger partial charge in [0.1, 0.15) is 0 Å². The molecule has 1 heterocycles. The summed E-state index contributed by atoms with van der Waals surface area (Å²) in [6.07, 6.45) is -0.114. The Morgan fingerprint density at radius 3 is 2.21 bits per heavy atom. The summed E-state index contributed by atoms with van der Waals surface area (Å²) in [5.74, 6) is -1.15. The molecule has 10 heteroatoms. The van der Waals surface area contributed by atoms with Gasteiger partial charge in [0, 0.05) is 25.2 Å². The third kappa shape index (κ3) is 5.69. The molecule has 1 N–H and O–H groups in total. The van der Waals surface area contributed by atoms with E-state index < -0.39 is 28.1 Å². The van der Waals surface area contributed by atoms with Gasteiger partial charge in [-0.25, -0.2) is 8.42 Å². The maximum atomic E-state index is 13.4. The van der Waals surface area contributed by atoms with E-state index in [0.717, 1.165) is 11.1 Å². The zero-order valence-electron chi connectivity index (χ0n) is 18.6. The van der Waals surface area contributed by atoms with Crippen LogP contribution in [0.3, 0.4) is 0 Å². The van der Waals surface area contributed by atoms with E-state index in [0.29, 0.717) is 15.6 Å². The number of rotatable bonds is 6. The first kappa shape index (κ1) is 25.5. The molecule has 1 saturated heterocycles. The van der Waals surface area contributed by atoms with Crippen molar-refractivity contribution in [3.63, 3.8) is 0 Å². The number of nitrogens with zero attached hydrogens (tertiary/aromatic N) is 2. The number of halogens is 2. The summed E-state index contributed by atoms with van der Waals surface area (Å²) < 4.78 is 28.3. The van der Waals surface area contributed by atoms with E-state index in [2.05, 4.69) is 0 Å². The normalized spacial score (nSPS) is 19.5. The largest absolute Gasteiger partial charge is 0.481 e. The molecule has 0 aromatic heterocycles. The highest BCUT2D eigenvalue weighted by atomic mass is 35.5. The van der Waals surface area contributed by atoms with Crippen LogP contribution in [0.4, 0.5) is 0 Å². The van der Waals surface area contributed by atoms with Gasteiger partial charge in [-0.15, -0.1) is 0 Å². The second-order valence-electron chi connectivity index (χ2n) is 8.42. The lowest BCUT2D eigenvalue weighted by Gasteiger charge is -2.43. The number of piperazine rings is 1. The van der Waals surface area contributed by atoms with Crippen molar-refractivity contribution in [1.29, 1.82) is 0 Å². The van der Waals surface area contributed by atoms with E-state index in [-0.39, 0.29) is 36.7 Å². The summed E-state index contributed by atoms with van der Waals surface area (Å²) in [6.45, 7) is 5.77. The Hall–Kier alpha value is -2.13. The molecule has 7 nitrogen and oxygen atoms in total. The lowest BCUT2D eigenvalue weighted by Crippen LogP contribution is -2.59. The molecule has 1 fully saturated rings. The fourth-order valence-electron chi connectivity index (χ4n) is 4.20. The number of sulfonamides is 1. The summed E-state index contributed by atoms with van der Waals surface area (Å²) in [4.78, 5) is 25.8. The SMILES string of the molecule is Cc1ccc(S(=O)(=O)N2[C@H](C)CN(C(=O)Cc3ccc(Cl)c(Cl)c3)C[C@@H]2C)cc1CC(=O)O. The van der Waals surface area contributed by atoms with Crippen molar-refractivity contribution in [1.82, 2.24) is 9.21 Å². The molecular formula is C23H26Cl2N2O5S. The molecule has 33 heavy (non-hydrogen) atoms. The number of aliphatic carboxylic acids is 1. The summed E-state index contributed by atoms with van der Waals surface area (Å²) in [5, 5.41) is 9.91. The van der Waals surface area contributed by atoms with E-state index in [9.17, 15) is 18.0 Å². The Labute approximate surface area is 204 Å². The van der Waals surface area contributed by atoms with Crippen LogP contribution in [0.15, 0.2) is 41.3 Å². The smallest absolute Gasteiger partial charge is 0.307 e. The van der Waals surface area contributed by atoms with Crippen molar-refractivity contribution in [2.24, 2.45) is 0 Å². The topological polar surface area (TPSA) is 95.0 Å². The van der Waals surface area contributed by atoms with Crippen molar-refractivity contribution >= 4 is 45.1 Å². The molecule has 1 aliphatic rings. The molecule has 0 saturated carbocycles. The van der Waals surface area contributed by atoms with E-state index in [1.54, 1.807) is 49.9 Å². The first-order chi connectivity index (χ1) is 15.4. The van der Waals surface area contributed by atoms with Crippen LogP contribution in [-0.4, -0.2) is 59.8 Å². The maximum absolute atomic E-state index is 13.4. The van der Waals surface area contributed by atoms with Crippen LogP contribution in [-0.2, 0) is 32.5 Å². The molecule has 0 bridgehead atoms. The van der Waals surface area contributed by atoms with Crippen molar-refractivity contribution in [3.8, 4) is 0 Å². The Morgan fingerprint density at radius 2 is 1.64 bits per heavy atom. The minimum absolute atomic E-state index is 0.0543. The Morgan fingerprint density at radius 1 is 1.00 bits per heavy atom. The number of hydrogen-bond donors (Lipinski definition) is 1. The Balaban J connectivity index is 1.78. The second-order valence-corrected chi connectivity index (χ2v) is 11.1. The maximum Gasteiger partial charge on any atom is 0.307 e. The number of amides is 1. The number of aryl methyl sites for hydroxylation is 1. The van der Waals surface area contributed by atoms with E-state index >= 15 is 0 Å². The standard InChI is InChI=1S/C23H26Cl2N2O5S/c1-14-4-6-19(10-18(14)11-23(29)30)33(31,32)27-15(2)12-26(13-16(27)3)22(28)9-17-5-7-20(24)21(25)8-17/h4-8,10,15-16H,9,11-13H2,1-3H3,(H,29,30)/t15-,16+.